The average Bonchev–Trinajstić information content (AvgIpc) is 2.35. The van der Waals surface area contributed by atoms with Crippen LogP contribution in [0.4, 0.5) is 5.69 Å². The fraction of sp³-hybridized carbons (Fsp3) is 0.385. The van der Waals surface area contributed by atoms with E-state index in [-0.39, 0.29) is 23.4 Å². The molecule has 21 heavy (non-hydrogen) atoms. The molecule has 2 N–H and O–H groups in total. The first-order valence-electron chi connectivity index (χ1n) is 6.03. The van der Waals surface area contributed by atoms with Gasteiger partial charge in [0.05, 0.1) is 18.5 Å². The number of rotatable bonds is 6. The molecule has 114 valence electrons. The molecule has 1 aromatic rings. The van der Waals surface area contributed by atoms with Crippen LogP contribution < -0.4 is 10.1 Å². The number of amides is 1. The van der Waals surface area contributed by atoms with E-state index >= 15 is 0 Å². The predicted molar refractivity (Wildman–Crippen MR) is 73.4 cm³/mol. The highest BCUT2D eigenvalue weighted by molar-refractivity contribution is 5.95. The van der Waals surface area contributed by atoms with E-state index in [0.717, 1.165) is 6.07 Å². The number of carbonyl (C=O) groups is 2. The molecule has 0 aliphatic carbocycles. The van der Waals surface area contributed by atoms with Crippen molar-refractivity contribution in [3.63, 3.8) is 0 Å². The van der Waals surface area contributed by atoms with Gasteiger partial charge in [-0.05, 0) is 26.0 Å². The Hall–Kier alpha value is -2.64. The zero-order chi connectivity index (χ0) is 16.2. The molecular formula is C13H16N2O6. The number of methoxy groups -OCH3 is 1. The summed E-state index contributed by atoms with van der Waals surface area (Å²) in [5.41, 5.74) is -1.25. The lowest BCUT2D eigenvalue weighted by Gasteiger charge is -2.24. The zero-order valence-corrected chi connectivity index (χ0v) is 11.9. The summed E-state index contributed by atoms with van der Waals surface area (Å²) in [6, 6.07) is 3.78. The van der Waals surface area contributed by atoms with Gasteiger partial charge >= 0.3 is 11.7 Å². The molecule has 0 bridgehead atoms. The van der Waals surface area contributed by atoms with Crippen molar-refractivity contribution in [2.45, 2.75) is 25.8 Å². The van der Waals surface area contributed by atoms with Gasteiger partial charge in [-0.2, -0.15) is 0 Å². The van der Waals surface area contributed by atoms with E-state index in [0.29, 0.717) is 0 Å². The minimum atomic E-state index is -1.05. The summed E-state index contributed by atoms with van der Waals surface area (Å²) >= 11 is 0. The Bertz CT molecular complexity index is 582. The van der Waals surface area contributed by atoms with Crippen LogP contribution >= 0.6 is 0 Å². The number of nitrogens with zero attached hydrogens (tertiary/aromatic N) is 1. The molecule has 1 amide bonds. The van der Waals surface area contributed by atoms with Crippen molar-refractivity contribution in [2.75, 3.05) is 7.11 Å². The maximum absolute atomic E-state index is 12.0. The smallest absolute Gasteiger partial charge is 0.311 e. The molecule has 0 radical (unpaired) electrons. The van der Waals surface area contributed by atoms with Gasteiger partial charge in [0, 0.05) is 17.2 Å². The van der Waals surface area contributed by atoms with E-state index < -0.39 is 22.3 Å². The number of hydrogen-bond donors (Lipinski definition) is 2. The third-order valence-electron chi connectivity index (χ3n) is 2.68. The highest BCUT2D eigenvalue weighted by Crippen LogP contribution is 2.27. The van der Waals surface area contributed by atoms with E-state index in [1.54, 1.807) is 13.8 Å². The summed E-state index contributed by atoms with van der Waals surface area (Å²) in [7, 11) is 1.29. The number of carboxylic acid groups (broad SMARTS) is 1. The quantitative estimate of drug-likeness (QED) is 0.607. The first-order chi connectivity index (χ1) is 9.66. The zero-order valence-electron chi connectivity index (χ0n) is 11.9. The van der Waals surface area contributed by atoms with E-state index in [4.69, 9.17) is 9.84 Å². The Morgan fingerprint density at radius 2 is 2.05 bits per heavy atom. The number of carbonyl (C=O) groups excluding carboxylic acids is 1. The van der Waals surface area contributed by atoms with Crippen molar-refractivity contribution in [1.82, 2.24) is 5.32 Å². The van der Waals surface area contributed by atoms with Crippen LogP contribution in [0.5, 0.6) is 5.75 Å². The van der Waals surface area contributed by atoms with Crippen molar-refractivity contribution in [1.29, 1.82) is 0 Å². The molecule has 1 aromatic carbocycles. The van der Waals surface area contributed by atoms with Crippen molar-refractivity contribution in [2.24, 2.45) is 0 Å². The van der Waals surface area contributed by atoms with E-state index in [1.807, 2.05) is 0 Å². The first kappa shape index (κ1) is 16.4. The number of carboxylic acids is 1. The number of ether oxygens (including phenoxy) is 1. The van der Waals surface area contributed by atoms with Crippen LogP contribution in [0.1, 0.15) is 30.6 Å². The topological polar surface area (TPSA) is 119 Å². The number of nitro groups is 1. The highest BCUT2D eigenvalue weighted by Gasteiger charge is 2.26. The SMILES string of the molecule is COc1ccc(C(=O)NC(C)(C)CC(=O)O)cc1[N+](=O)[O-]. The lowest BCUT2D eigenvalue weighted by atomic mass is 10.00. The molecule has 8 heteroatoms. The van der Waals surface area contributed by atoms with E-state index in [2.05, 4.69) is 5.32 Å². The number of aliphatic carboxylic acids is 1. The van der Waals surface area contributed by atoms with Gasteiger partial charge < -0.3 is 15.2 Å². The summed E-state index contributed by atoms with van der Waals surface area (Å²) in [5, 5.41) is 22.2. The third-order valence-corrected chi connectivity index (χ3v) is 2.68. The summed E-state index contributed by atoms with van der Waals surface area (Å²) in [5.74, 6) is -1.60. The Labute approximate surface area is 120 Å². The van der Waals surface area contributed by atoms with Gasteiger partial charge in [-0.1, -0.05) is 0 Å². The summed E-state index contributed by atoms with van der Waals surface area (Å²) < 4.78 is 4.84. The molecule has 0 aliphatic heterocycles. The molecule has 0 fully saturated rings. The third kappa shape index (κ3) is 4.44. The van der Waals surface area contributed by atoms with Gasteiger partial charge in [-0.3, -0.25) is 19.7 Å². The predicted octanol–water partition coefficient (Wildman–Crippen LogP) is 1.59. The van der Waals surface area contributed by atoms with Crippen LogP contribution in [0.15, 0.2) is 18.2 Å². The maximum Gasteiger partial charge on any atom is 0.311 e. The molecule has 0 saturated heterocycles. The van der Waals surface area contributed by atoms with Crippen LogP contribution in [-0.2, 0) is 4.79 Å². The van der Waals surface area contributed by atoms with Gasteiger partial charge in [-0.25, -0.2) is 0 Å². The number of benzene rings is 1. The second-order valence-corrected chi connectivity index (χ2v) is 5.05. The first-order valence-corrected chi connectivity index (χ1v) is 6.03. The lowest BCUT2D eigenvalue weighted by Crippen LogP contribution is -2.44. The van der Waals surface area contributed by atoms with Crippen LogP contribution in [0.25, 0.3) is 0 Å². The van der Waals surface area contributed by atoms with Crippen LogP contribution in [0.2, 0.25) is 0 Å². The highest BCUT2D eigenvalue weighted by atomic mass is 16.6. The molecule has 0 aliphatic rings. The average molecular weight is 296 g/mol. The van der Waals surface area contributed by atoms with Crippen LogP contribution in [-0.4, -0.2) is 34.6 Å². The minimum Gasteiger partial charge on any atom is -0.490 e. The number of nitrogens with one attached hydrogen (secondary N) is 1. The summed E-state index contributed by atoms with van der Waals surface area (Å²) in [6.45, 7) is 3.11. The van der Waals surface area contributed by atoms with Gasteiger partial charge in [0.15, 0.2) is 5.75 Å². The molecule has 0 unspecified atom stereocenters. The fourth-order valence-electron chi connectivity index (χ4n) is 1.78. The Balaban J connectivity index is 3.01. The van der Waals surface area contributed by atoms with Gasteiger partial charge in [0.2, 0.25) is 0 Å². The van der Waals surface area contributed by atoms with Crippen molar-refractivity contribution in [3.05, 3.63) is 33.9 Å². The monoisotopic (exact) mass is 296 g/mol. The standard InChI is InChI=1S/C13H16N2O6/c1-13(2,7-11(16)17)14-12(18)8-4-5-10(21-3)9(6-8)15(19)20/h4-6H,7H2,1-3H3,(H,14,18)(H,16,17). The molecule has 1 rings (SSSR count). The largest absolute Gasteiger partial charge is 0.490 e. The van der Waals surface area contributed by atoms with Crippen molar-refractivity contribution in [3.8, 4) is 5.75 Å². The van der Waals surface area contributed by atoms with Gasteiger partial charge in [-0.15, -0.1) is 0 Å². The molecular weight excluding hydrogens is 280 g/mol. The molecule has 0 aromatic heterocycles. The van der Waals surface area contributed by atoms with Crippen LogP contribution in [0, 0.1) is 10.1 Å². The molecule has 0 saturated carbocycles. The van der Waals surface area contributed by atoms with Crippen LogP contribution in [0.3, 0.4) is 0 Å². The van der Waals surface area contributed by atoms with Gasteiger partial charge in [0.1, 0.15) is 0 Å². The molecule has 0 spiro atoms. The Morgan fingerprint density at radius 1 is 1.43 bits per heavy atom. The van der Waals surface area contributed by atoms with Crippen molar-refractivity contribution < 1.29 is 24.4 Å². The van der Waals surface area contributed by atoms with Crippen molar-refractivity contribution >= 4 is 17.6 Å². The number of hydrogen-bond acceptors (Lipinski definition) is 5. The lowest BCUT2D eigenvalue weighted by molar-refractivity contribution is -0.385. The second kappa shape index (κ2) is 6.21. The second-order valence-electron chi connectivity index (χ2n) is 5.05. The Morgan fingerprint density at radius 3 is 2.52 bits per heavy atom. The normalized spacial score (nSPS) is 10.8. The van der Waals surface area contributed by atoms with Gasteiger partial charge in [0.25, 0.3) is 5.91 Å². The number of nitro benzene ring substituents is 1. The fourth-order valence-corrected chi connectivity index (χ4v) is 1.78. The molecule has 0 atom stereocenters. The minimum absolute atomic E-state index is 0.0429. The molecule has 0 heterocycles. The van der Waals surface area contributed by atoms with E-state index in [1.165, 1.54) is 19.2 Å². The summed E-state index contributed by atoms with van der Waals surface area (Å²) in [4.78, 5) is 33.0. The molecule has 8 nitrogen and oxygen atoms in total. The Kier molecular flexibility index (Phi) is 4.85. The maximum atomic E-state index is 12.0. The summed E-state index contributed by atoms with van der Waals surface area (Å²) in [6.07, 6.45) is -0.267. The van der Waals surface area contributed by atoms with E-state index in [9.17, 15) is 19.7 Å².